The van der Waals surface area contributed by atoms with Crippen LogP contribution in [0.4, 0.5) is 0 Å². The van der Waals surface area contributed by atoms with E-state index in [4.69, 9.17) is 46.1 Å². The number of pyridine rings is 1. The van der Waals surface area contributed by atoms with Gasteiger partial charge in [0.15, 0.2) is 5.78 Å². The summed E-state index contributed by atoms with van der Waals surface area (Å²) in [5, 5.41) is 46.9. The van der Waals surface area contributed by atoms with E-state index < -0.39 is 102 Å². The molecule has 2 aliphatic rings. The molecule has 9 heterocycles. The number of aliphatic hydroxyl groups excluding tert-OH is 1. The van der Waals surface area contributed by atoms with Crippen molar-refractivity contribution < 1.29 is 58.4 Å². The number of phenolic OH excluding ortho intramolecular Hbond substituents is 1. The molecule has 90 heavy (non-hydrogen) atoms. The molecule has 11 rings (SSSR count). The molecule has 9 N–H and O–H groups in total. The number of ether oxygens (including phenoxy) is 1. The first kappa shape index (κ1) is 62.7. The molecule has 5 amide bonds. The molecule has 7 atom stereocenters. The summed E-state index contributed by atoms with van der Waals surface area (Å²) in [5.41, 5.74) is 14.2. The predicted octanol–water partition coefficient (Wildman–Crippen LogP) is 8.47. The highest BCUT2D eigenvalue weighted by atomic mass is 32.1. The third-order valence-electron chi connectivity index (χ3n) is 15.0. The van der Waals surface area contributed by atoms with Gasteiger partial charge in [0.25, 0.3) is 17.7 Å². The maximum atomic E-state index is 15.3. The lowest BCUT2D eigenvalue weighted by Crippen LogP contribution is -2.50. The lowest BCUT2D eigenvalue weighted by atomic mass is 9.90. The average Bonchev–Trinajstić information content (AvgIpc) is 1.72. The number of aryl methyl sites for hydroxylation is 1. The third kappa shape index (κ3) is 13.9. The van der Waals surface area contributed by atoms with Crippen molar-refractivity contribution in [3.63, 3.8) is 0 Å². The highest BCUT2D eigenvalue weighted by Gasteiger charge is 2.46. The van der Waals surface area contributed by atoms with Crippen LogP contribution in [0, 0.1) is 12.8 Å². The van der Waals surface area contributed by atoms with Crippen LogP contribution in [0.5, 0.6) is 5.75 Å². The number of primary amides is 2. The van der Waals surface area contributed by atoms with Gasteiger partial charge in [0.2, 0.25) is 11.8 Å². The summed E-state index contributed by atoms with van der Waals surface area (Å²) >= 11 is 6.85. The Labute approximate surface area is 536 Å². The molecule has 2 aromatic carbocycles. The molecule has 9 aromatic rings. The number of aromatic hydroxyl groups is 1. The van der Waals surface area contributed by atoms with E-state index >= 15 is 9.59 Å². The Morgan fingerprint density at radius 2 is 1.33 bits per heavy atom. The summed E-state index contributed by atoms with van der Waals surface area (Å²) in [4.78, 5) is 145. The number of carbonyl (C=O) groups is 8. The Bertz CT molecular complexity index is 4220. The number of carboxylic acids is 1. The smallest absolute Gasteiger partial charge is 0.306 e. The van der Waals surface area contributed by atoms with Gasteiger partial charge in [0, 0.05) is 75.5 Å². The number of aliphatic carboxylic acids is 1. The van der Waals surface area contributed by atoms with Gasteiger partial charge in [-0.2, -0.15) is 0 Å². The van der Waals surface area contributed by atoms with Crippen molar-refractivity contribution in [2.75, 3.05) is 6.54 Å². The number of nitrogens with two attached hydrogens (primary N) is 2. The predicted molar refractivity (Wildman–Crippen MR) is 336 cm³/mol. The number of hydrogen-bond donors (Lipinski definition) is 7. The molecule has 0 saturated carbocycles. The lowest BCUT2D eigenvalue weighted by Gasteiger charge is -2.29. The average molecular weight is 1330 g/mol. The van der Waals surface area contributed by atoms with Gasteiger partial charge in [-0.3, -0.25) is 38.4 Å². The first-order valence-corrected chi connectivity index (χ1v) is 33.2. The molecule has 1 saturated heterocycles. The number of fused-ring (bicyclic) bond motifs is 16. The van der Waals surface area contributed by atoms with E-state index in [1.165, 1.54) is 55.8 Å². The van der Waals surface area contributed by atoms with Crippen LogP contribution in [0.1, 0.15) is 143 Å². The van der Waals surface area contributed by atoms with Crippen LogP contribution in [0.15, 0.2) is 93.6 Å². The molecule has 0 spiro atoms. The van der Waals surface area contributed by atoms with Crippen LogP contribution in [0.2, 0.25) is 0 Å². The van der Waals surface area contributed by atoms with Crippen LogP contribution in [0.3, 0.4) is 0 Å². The Kier molecular flexibility index (Phi) is 18.8. The van der Waals surface area contributed by atoms with E-state index in [1.807, 2.05) is 0 Å². The summed E-state index contributed by atoms with van der Waals surface area (Å²) in [6.07, 6.45) is -3.08. The van der Waals surface area contributed by atoms with Crippen molar-refractivity contribution in [2.45, 2.75) is 95.0 Å². The second-order valence-corrected chi connectivity index (χ2v) is 26.9. The van der Waals surface area contributed by atoms with Crippen LogP contribution < -0.4 is 22.1 Å². The molecular weight excluding hydrogens is 1270 g/mol. The zero-order valence-electron chi connectivity index (χ0n) is 47.6. The van der Waals surface area contributed by atoms with E-state index in [0.717, 1.165) is 45.3 Å². The monoisotopic (exact) mass is 1330 g/mol. The van der Waals surface area contributed by atoms with Gasteiger partial charge >= 0.3 is 11.9 Å². The summed E-state index contributed by atoms with van der Waals surface area (Å²) in [6.45, 7) is 3.33. The quantitative estimate of drug-likeness (QED) is 0.0396. The second-order valence-electron chi connectivity index (χ2n) is 21.3. The number of carboxylic acid groups (broad SMARTS) is 1. The number of Topliss-reactive ketones (excluding diaryl/α,β-unsaturated/α-hetero) is 1. The highest BCUT2D eigenvalue weighted by Crippen LogP contribution is 2.44. The molecular formula is C60H54N12O12S6. The number of aromatic nitrogens is 7. The molecule has 0 unspecified atom stereocenters. The molecule has 10 bridgehead atoms. The number of nitrogens with zero attached hydrogens (tertiary/aromatic N) is 8. The van der Waals surface area contributed by atoms with Gasteiger partial charge < -0.3 is 47.1 Å². The minimum atomic E-state index is -1.29. The summed E-state index contributed by atoms with van der Waals surface area (Å²) in [6, 6.07) is 14.9. The van der Waals surface area contributed by atoms with Crippen LogP contribution >= 0.6 is 68.0 Å². The number of phenols is 1. The normalized spacial score (nSPS) is 19.1. The lowest BCUT2D eigenvalue weighted by molar-refractivity contribution is -0.151. The van der Waals surface area contributed by atoms with Gasteiger partial charge in [-0.25, -0.2) is 34.9 Å². The highest BCUT2D eigenvalue weighted by molar-refractivity contribution is 7.15. The van der Waals surface area contributed by atoms with Crippen molar-refractivity contribution >= 4 is 115 Å². The molecule has 0 radical (unpaired) electrons. The molecule has 1 fully saturated rings. The number of unbranched alkanes of at least 4 members (excludes halogenated alkanes) is 1. The largest absolute Gasteiger partial charge is 0.508 e. The second kappa shape index (κ2) is 27.1. The summed E-state index contributed by atoms with van der Waals surface area (Å²) in [7, 11) is 0. The van der Waals surface area contributed by atoms with Crippen LogP contribution in [0.25, 0.3) is 43.4 Å². The van der Waals surface area contributed by atoms with Crippen molar-refractivity contribution in [3.8, 4) is 49.1 Å². The first-order valence-electron chi connectivity index (χ1n) is 28.0. The number of esters is 1. The van der Waals surface area contributed by atoms with Crippen molar-refractivity contribution in [1.82, 2.24) is 50.4 Å². The van der Waals surface area contributed by atoms with Crippen LogP contribution in [-0.4, -0.2) is 121 Å². The van der Waals surface area contributed by atoms with Gasteiger partial charge in [-0.05, 0) is 55.2 Å². The third-order valence-corrected chi connectivity index (χ3v) is 20.6. The maximum absolute atomic E-state index is 15.3. The van der Waals surface area contributed by atoms with E-state index in [2.05, 4.69) is 15.6 Å². The molecule has 2 aliphatic heterocycles. The number of ketones is 1. The SMILES string of the molecule is Cc1sc2nc1C(=O)C[C@@H]([C@H](OC(=O)CCCCC(=O)O)c1ccccc1)c1nc(cs1)C(=O)N[C@@H](Cc1ccc(O)cc1)C(=O)N1C[C@H](O)[C@H](C)[C@H]1c1nc(cs1)-c1nc(cs1)-c1nc(-c3nc(C(N)=O)cs3)ccc1-c1nc(cs1)C(=O)N[C@H]2CC(N)=O. The summed E-state index contributed by atoms with van der Waals surface area (Å²) in [5.74, 6) is -7.50. The number of amides is 5. The van der Waals surface area contributed by atoms with Gasteiger partial charge in [0.05, 0.1) is 36.2 Å². The Morgan fingerprint density at radius 1 is 0.689 bits per heavy atom. The molecule has 0 aliphatic carbocycles. The zero-order chi connectivity index (χ0) is 63.5. The van der Waals surface area contributed by atoms with Crippen molar-refractivity contribution in [1.29, 1.82) is 0 Å². The van der Waals surface area contributed by atoms with Crippen LogP contribution in [-0.2, 0) is 30.3 Å². The van der Waals surface area contributed by atoms with E-state index in [9.17, 15) is 44.1 Å². The van der Waals surface area contributed by atoms with E-state index in [-0.39, 0.29) is 77.2 Å². The number of carbonyl (C=O) groups excluding carboxylic acids is 7. The Balaban J connectivity index is 1.02. The van der Waals surface area contributed by atoms with Crippen molar-refractivity contribution in [3.05, 3.63) is 147 Å². The van der Waals surface area contributed by atoms with E-state index in [0.29, 0.717) is 64.4 Å². The Hall–Kier alpha value is -8.91. The fourth-order valence-corrected chi connectivity index (χ4v) is 15.8. The number of hydrogen-bond acceptors (Lipinski definition) is 24. The van der Waals surface area contributed by atoms with Gasteiger partial charge in [0.1, 0.15) is 87.8 Å². The van der Waals surface area contributed by atoms with Gasteiger partial charge in [-0.1, -0.05) is 49.4 Å². The van der Waals surface area contributed by atoms with Crippen molar-refractivity contribution in [2.24, 2.45) is 17.4 Å². The first-order chi connectivity index (χ1) is 43.2. The number of nitrogens with one attached hydrogen (secondary N) is 2. The molecule has 462 valence electrons. The van der Waals surface area contributed by atoms with E-state index in [1.54, 1.807) is 79.2 Å². The standard InChI is InChI=1S/C60H54N12O12S6/c1-27-43(75)21-72-49(27)59-70-41(26-89-59)57-66-37(22-87-57)48-32(16-17-34(63-48)56-67-38(23-88-56)51(62)80)54-68-39(24-85-54)52(81)64-35(20-44(61)76)58-71-47(28(2)90-58)42(74)19-33(50(30-8-4-3-5-9-30)84-46(79)11-7-6-10-45(77)78)55-69-40(25-86-55)53(82)65-36(60(72)83)18-29-12-14-31(73)15-13-29/h3-5,8-9,12-17,22-27,33,35-36,43,49-50,73,75H,6-7,10-11,18-21H2,1-2H3,(H2,61,76)(H2,62,80)(H,64,81)(H,65,82)(H,77,78)/t27-,33-,35-,36-,43-,49-,50+/m0/s1. The zero-order valence-corrected chi connectivity index (χ0v) is 52.5. The topological polar surface area (TPSA) is 376 Å². The fraction of sp³-hybridized carbons (Fsp3) is 0.283. The number of aliphatic hydroxyl groups is 1. The minimum Gasteiger partial charge on any atom is -0.508 e. The minimum absolute atomic E-state index is 0.0233. The molecule has 30 heteroatoms. The fourth-order valence-electron chi connectivity index (χ4n) is 10.4. The number of benzene rings is 2. The van der Waals surface area contributed by atoms with Gasteiger partial charge in [-0.15, -0.1) is 68.0 Å². The number of thiazole rings is 6. The maximum Gasteiger partial charge on any atom is 0.306 e. The number of rotatable bonds is 14. The Morgan fingerprint density at radius 3 is 2.07 bits per heavy atom. The summed E-state index contributed by atoms with van der Waals surface area (Å²) < 4.78 is 6.24. The molecule has 7 aromatic heterocycles. The molecule has 24 nitrogen and oxygen atoms in total.